The Labute approximate surface area is 240 Å². The minimum atomic E-state index is -1.35. The Kier molecular flexibility index (Phi) is 11.3. The number of benzene rings is 3. The van der Waals surface area contributed by atoms with Crippen LogP contribution < -0.4 is 10.6 Å². The van der Waals surface area contributed by atoms with Gasteiger partial charge in [0.1, 0.15) is 25.7 Å². The third-order valence-corrected chi connectivity index (χ3v) is 6.51. The van der Waals surface area contributed by atoms with Crippen molar-refractivity contribution in [3.8, 4) is 0 Å². The summed E-state index contributed by atoms with van der Waals surface area (Å²) in [5.74, 6) is -4.13. The van der Waals surface area contributed by atoms with Crippen LogP contribution in [0.5, 0.6) is 0 Å². The molecule has 214 valence electrons. The normalized spacial score (nSPS) is 11.1. The van der Waals surface area contributed by atoms with Gasteiger partial charge in [0.05, 0.1) is 0 Å². The van der Waals surface area contributed by atoms with Crippen LogP contribution in [0.25, 0.3) is 0 Å². The summed E-state index contributed by atoms with van der Waals surface area (Å²) >= 11 is 1.47. The lowest BCUT2D eigenvalue weighted by atomic mass is 10.1. The highest BCUT2D eigenvalue weighted by atomic mass is 32.2. The number of aliphatic carboxylic acids is 2. The molecule has 0 aliphatic heterocycles. The van der Waals surface area contributed by atoms with E-state index in [0.29, 0.717) is 11.3 Å². The monoisotopic (exact) mass is 579 g/mol. The van der Waals surface area contributed by atoms with Crippen molar-refractivity contribution in [3.63, 3.8) is 0 Å². The zero-order valence-corrected chi connectivity index (χ0v) is 22.9. The van der Waals surface area contributed by atoms with Gasteiger partial charge in [-0.05, 0) is 53.8 Å². The van der Waals surface area contributed by atoms with Gasteiger partial charge < -0.3 is 25.2 Å². The second-order valence-electron chi connectivity index (χ2n) is 8.83. The first-order valence-corrected chi connectivity index (χ1v) is 13.6. The molecule has 1 atom stereocenters. The van der Waals surface area contributed by atoms with E-state index in [1.165, 1.54) is 23.9 Å². The van der Waals surface area contributed by atoms with Gasteiger partial charge in [-0.1, -0.05) is 42.5 Å². The molecular weight excluding hydrogens is 550 g/mol. The Hall–Kier alpha value is -4.84. The molecule has 3 aromatic carbocycles. The molecule has 3 aromatic rings. The largest absolute Gasteiger partial charge is 0.480 e. The molecule has 0 fully saturated rings. The summed E-state index contributed by atoms with van der Waals surface area (Å²) < 4.78 is 5.17. The molecule has 0 unspecified atom stereocenters. The minimum absolute atomic E-state index is 0.0944. The molecule has 12 heteroatoms. The molecule has 3 amide bonds. The van der Waals surface area contributed by atoms with Crippen LogP contribution in [0.2, 0.25) is 0 Å². The number of amides is 3. The quantitative estimate of drug-likeness (QED) is 0.222. The fourth-order valence-electron chi connectivity index (χ4n) is 3.73. The molecule has 0 heterocycles. The van der Waals surface area contributed by atoms with Crippen molar-refractivity contribution in [2.75, 3.05) is 24.7 Å². The number of carboxylic acids is 2. The molecule has 0 spiro atoms. The number of nitrogens with zero attached hydrogens (tertiary/aromatic N) is 1. The van der Waals surface area contributed by atoms with E-state index in [1.807, 2.05) is 36.6 Å². The number of hydrogen-bond donors (Lipinski definition) is 4. The van der Waals surface area contributed by atoms with E-state index in [2.05, 4.69) is 10.6 Å². The van der Waals surface area contributed by atoms with Crippen LogP contribution in [0.15, 0.2) is 83.8 Å². The van der Waals surface area contributed by atoms with Crippen LogP contribution in [0.4, 0.5) is 10.5 Å². The molecule has 0 bridgehead atoms. The van der Waals surface area contributed by atoms with Crippen LogP contribution in [0.1, 0.15) is 21.5 Å². The summed E-state index contributed by atoms with van der Waals surface area (Å²) in [6, 6.07) is 20.6. The zero-order valence-electron chi connectivity index (χ0n) is 22.1. The average molecular weight is 580 g/mol. The molecule has 0 radical (unpaired) electrons. The predicted molar refractivity (Wildman–Crippen MR) is 152 cm³/mol. The molecule has 4 N–H and O–H groups in total. The molecule has 0 saturated carbocycles. The van der Waals surface area contributed by atoms with Gasteiger partial charge in [-0.15, -0.1) is 11.8 Å². The van der Waals surface area contributed by atoms with Gasteiger partial charge in [-0.3, -0.25) is 19.7 Å². The van der Waals surface area contributed by atoms with Crippen molar-refractivity contribution in [2.45, 2.75) is 24.0 Å². The van der Waals surface area contributed by atoms with Crippen LogP contribution >= 0.6 is 11.8 Å². The molecule has 3 rings (SSSR count). The second-order valence-corrected chi connectivity index (χ2v) is 9.71. The van der Waals surface area contributed by atoms with Crippen LogP contribution in [-0.2, 0) is 32.1 Å². The average Bonchev–Trinajstić information content (AvgIpc) is 2.96. The fourth-order valence-corrected chi connectivity index (χ4v) is 4.14. The lowest BCUT2D eigenvalue weighted by Crippen LogP contribution is -2.48. The Morgan fingerprint density at radius 1 is 0.854 bits per heavy atom. The third kappa shape index (κ3) is 10.0. The van der Waals surface area contributed by atoms with Crippen molar-refractivity contribution in [2.24, 2.45) is 0 Å². The number of anilines is 1. The Morgan fingerprint density at radius 2 is 1.51 bits per heavy atom. The summed E-state index contributed by atoms with van der Waals surface area (Å²) in [5.41, 5.74) is 2.01. The van der Waals surface area contributed by atoms with E-state index >= 15 is 0 Å². The number of rotatable bonds is 13. The highest BCUT2D eigenvalue weighted by Gasteiger charge is 2.25. The van der Waals surface area contributed by atoms with Gasteiger partial charge in [0.2, 0.25) is 5.91 Å². The predicted octanol–water partition coefficient (Wildman–Crippen LogP) is 3.50. The van der Waals surface area contributed by atoms with Gasteiger partial charge in [0, 0.05) is 22.6 Å². The highest BCUT2D eigenvalue weighted by Crippen LogP contribution is 2.16. The summed E-state index contributed by atoms with van der Waals surface area (Å²) in [5, 5.41) is 23.8. The highest BCUT2D eigenvalue weighted by molar-refractivity contribution is 7.98. The van der Waals surface area contributed by atoms with Crippen molar-refractivity contribution < 1.29 is 38.9 Å². The van der Waals surface area contributed by atoms with Crippen molar-refractivity contribution in [3.05, 3.63) is 95.6 Å². The van der Waals surface area contributed by atoms with Gasteiger partial charge in [-0.25, -0.2) is 9.59 Å². The van der Waals surface area contributed by atoms with E-state index in [4.69, 9.17) is 4.74 Å². The van der Waals surface area contributed by atoms with E-state index < -0.39 is 49.0 Å². The van der Waals surface area contributed by atoms with Crippen molar-refractivity contribution in [1.29, 1.82) is 0 Å². The standard InChI is InChI=1S/C29H29N3O8S/c1-41-23-13-9-21(10-14-23)27(36)32(17-26(34)35)16-25(33)31-24(28(37)38)15-19-7-11-22(12-8-19)30-29(39)40-18-20-5-3-2-4-6-20/h2-14,24H,15-18H2,1H3,(H,30,39)(H,31,33)(H,34,35)(H,37,38)/t24-/m1/s1. The Balaban J connectivity index is 1.57. The maximum Gasteiger partial charge on any atom is 0.411 e. The number of carbonyl (C=O) groups excluding carboxylic acids is 3. The van der Waals surface area contributed by atoms with Crippen LogP contribution in [-0.4, -0.2) is 70.3 Å². The maximum atomic E-state index is 12.9. The molecule has 0 aromatic heterocycles. The van der Waals surface area contributed by atoms with E-state index in [0.717, 1.165) is 15.4 Å². The number of ether oxygens (including phenoxy) is 1. The molecule has 0 saturated heterocycles. The Morgan fingerprint density at radius 3 is 2.10 bits per heavy atom. The second kappa shape index (κ2) is 15.1. The summed E-state index contributed by atoms with van der Waals surface area (Å²) in [6.45, 7) is -1.28. The topological polar surface area (TPSA) is 162 Å². The first-order valence-electron chi connectivity index (χ1n) is 12.4. The SMILES string of the molecule is CSc1ccc(C(=O)N(CC(=O)O)CC(=O)N[C@H](Cc2ccc(NC(=O)OCc3ccccc3)cc2)C(=O)O)cc1. The minimum Gasteiger partial charge on any atom is -0.480 e. The summed E-state index contributed by atoms with van der Waals surface area (Å²) in [6.07, 6.45) is 1.12. The number of thioether (sulfide) groups is 1. The Bertz CT molecular complexity index is 1370. The van der Waals surface area contributed by atoms with Crippen molar-refractivity contribution in [1.82, 2.24) is 10.2 Å². The number of carbonyl (C=O) groups is 5. The summed E-state index contributed by atoms with van der Waals surface area (Å²) in [4.78, 5) is 62.5. The molecule has 41 heavy (non-hydrogen) atoms. The lowest BCUT2D eigenvalue weighted by molar-refractivity contribution is -0.142. The van der Waals surface area contributed by atoms with Gasteiger partial charge in [-0.2, -0.15) is 0 Å². The van der Waals surface area contributed by atoms with Crippen molar-refractivity contribution >= 4 is 47.3 Å². The number of carboxylic acid groups (broad SMARTS) is 2. The number of hydrogen-bond acceptors (Lipinski definition) is 7. The molecule has 0 aliphatic rings. The van der Waals surface area contributed by atoms with Gasteiger partial charge in [0.25, 0.3) is 5.91 Å². The molecule has 11 nitrogen and oxygen atoms in total. The number of nitrogens with one attached hydrogen (secondary N) is 2. The van der Waals surface area contributed by atoms with Gasteiger partial charge in [0.15, 0.2) is 0 Å². The lowest BCUT2D eigenvalue weighted by Gasteiger charge is -2.22. The molecular formula is C29H29N3O8S. The first-order chi connectivity index (χ1) is 19.6. The first kappa shape index (κ1) is 30.7. The third-order valence-electron chi connectivity index (χ3n) is 5.77. The fraction of sp³-hybridized carbons (Fsp3) is 0.207. The maximum absolute atomic E-state index is 12.9. The van der Waals surface area contributed by atoms with Crippen LogP contribution in [0.3, 0.4) is 0 Å². The smallest absolute Gasteiger partial charge is 0.411 e. The van der Waals surface area contributed by atoms with Gasteiger partial charge >= 0.3 is 18.0 Å². The van der Waals surface area contributed by atoms with E-state index in [9.17, 15) is 34.2 Å². The van der Waals surface area contributed by atoms with Crippen LogP contribution in [0, 0.1) is 0 Å². The molecule has 0 aliphatic carbocycles. The van der Waals surface area contributed by atoms with E-state index in [1.54, 1.807) is 36.4 Å². The summed E-state index contributed by atoms with van der Waals surface area (Å²) in [7, 11) is 0. The zero-order chi connectivity index (χ0) is 29.8. The van der Waals surface area contributed by atoms with E-state index in [-0.39, 0.29) is 18.6 Å².